The average Bonchev–Trinajstić information content (AvgIpc) is 2.35. The summed E-state index contributed by atoms with van der Waals surface area (Å²) in [6.45, 7) is 9.26. The van der Waals surface area contributed by atoms with Crippen molar-refractivity contribution in [2.75, 3.05) is 0 Å². The molecule has 1 rings (SSSR count). The van der Waals surface area contributed by atoms with E-state index in [9.17, 15) is 9.59 Å². The van der Waals surface area contributed by atoms with Crippen LogP contribution in [0.25, 0.3) is 0 Å². The van der Waals surface area contributed by atoms with E-state index in [2.05, 4.69) is 5.32 Å². The van der Waals surface area contributed by atoms with Crippen LogP contribution in [0.5, 0.6) is 0 Å². The Morgan fingerprint density at radius 3 is 2.05 bits per heavy atom. The zero-order chi connectivity index (χ0) is 16.3. The summed E-state index contributed by atoms with van der Waals surface area (Å²) >= 11 is 0. The van der Waals surface area contributed by atoms with Gasteiger partial charge in [0, 0.05) is 6.42 Å². The van der Waals surface area contributed by atoms with Gasteiger partial charge in [-0.15, -0.1) is 0 Å². The van der Waals surface area contributed by atoms with Gasteiger partial charge in [-0.25, -0.2) is 0 Å². The Morgan fingerprint density at radius 1 is 1.10 bits per heavy atom. The molecule has 0 aliphatic rings. The van der Waals surface area contributed by atoms with Gasteiger partial charge in [-0.2, -0.15) is 0 Å². The minimum Gasteiger partial charge on any atom is -0.481 e. The summed E-state index contributed by atoms with van der Waals surface area (Å²) in [7, 11) is 0. The van der Waals surface area contributed by atoms with E-state index in [1.807, 2.05) is 51.1 Å². The average molecular weight is 291 g/mol. The molecular weight excluding hydrogens is 266 g/mol. The number of carbonyl (C=O) groups excluding carboxylic acids is 1. The summed E-state index contributed by atoms with van der Waals surface area (Å²) in [6.07, 6.45) is -0.0399. The predicted octanol–water partition coefficient (Wildman–Crippen LogP) is 3.39. The second-order valence-electron chi connectivity index (χ2n) is 7.14. The van der Waals surface area contributed by atoms with Crippen molar-refractivity contribution in [3.8, 4) is 0 Å². The van der Waals surface area contributed by atoms with Crippen molar-refractivity contribution in [3.05, 3.63) is 35.9 Å². The molecular formula is C17H25NO3. The molecule has 21 heavy (non-hydrogen) atoms. The zero-order valence-electron chi connectivity index (χ0n) is 13.4. The molecule has 0 heterocycles. The van der Waals surface area contributed by atoms with Crippen LogP contribution in [-0.2, 0) is 9.59 Å². The second kappa shape index (κ2) is 6.29. The summed E-state index contributed by atoms with van der Waals surface area (Å²) in [5, 5.41) is 12.1. The summed E-state index contributed by atoms with van der Waals surface area (Å²) in [5.41, 5.74) is -0.209. The van der Waals surface area contributed by atoms with E-state index in [1.54, 1.807) is 13.8 Å². The Morgan fingerprint density at radius 2 is 1.62 bits per heavy atom. The third-order valence-corrected chi connectivity index (χ3v) is 3.49. The van der Waals surface area contributed by atoms with Gasteiger partial charge >= 0.3 is 5.97 Å². The Hall–Kier alpha value is -1.84. The van der Waals surface area contributed by atoms with E-state index in [-0.39, 0.29) is 23.8 Å². The number of amides is 1. The van der Waals surface area contributed by atoms with Crippen LogP contribution < -0.4 is 5.32 Å². The van der Waals surface area contributed by atoms with E-state index >= 15 is 0 Å². The third-order valence-electron chi connectivity index (χ3n) is 3.49. The normalized spacial score (nSPS) is 13.6. The molecule has 0 radical (unpaired) electrons. The largest absolute Gasteiger partial charge is 0.481 e. The molecule has 0 saturated carbocycles. The first-order valence-electron chi connectivity index (χ1n) is 7.12. The van der Waals surface area contributed by atoms with Gasteiger partial charge in [-0.3, -0.25) is 9.59 Å². The van der Waals surface area contributed by atoms with E-state index in [0.29, 0.717) is 0 Å². The SMILES string of the molecule is CC(C)(CC(=O)NC(c1ccccc1)C(C)(C)C)C(=O)O. The number of carbonyl (C=O) groups is 2. The van der Waals surface area contributed by atoms with Gasteiger partial charge in [-0.05, 0) is 24.8 Å². The molecule has 0 aromatic heterocycles. The zero-order valence-corrected chi connectivity index (χ0v) is 13.4. The number of aliphatic carboxylic acids is 1. The fourth-order valence-corrected chi connectivity index (χ4v) is 2.13. The predicted molar refractivity (Wildman–Crippen MR) is 82.8 cm³/mol. The standard InChI is InChI=1S/C17H25NO3/c1-16(2,3)14(12-9-7-6-8-10-12)18-13(19)11-17(4,5)15(20)21/h6-10,14H,11H2,1-5H3,(H,18,19)(H,20,21). The molecule has 0 bridgehead atoms. The molecule has 0 aliphatic heterocycles. The highest BCUT2D eigenvalue weighted by molar-refractivity contribution is 5.84. The van der Waals surface area contributed by atoms with Crippen molar-refractivity contribution in [2.45, 2.75) is 47.1 Å². The van der Waals surface area contributed by atoms with Crippen LogP contribution in [0.15, 0.2) is 30.3 Å². The highest BCUT2D eigenvalue weighted by atomic mass is 16.4. The maximum atomic E-state index is 12.2. The second-order valence-corrected chi connectivity index (χ2v) is 7.14. The molecule has 0 fully saturated rings. The van der Waals surface area contributed by atoms with Crippen LogP contribution in [0, 0.1) is 10.8 Å². The first kappa shape index (κ1) is 17.2. The molecule has 1 aromatic rings. The molecule has 4 heteroatoms. The Balaban J connectivity index is 2.89. The monoisotopic (exact) mass is 291 g/mol. The topological polar surface area (TPSA) is 66.4 Å². The van der Waals surface area contributed by atoms with Gasteiger partial charge in [-0.1, -0.05) is 51.1 Å². The Kier molecular flexibility index (Phi) is 5.15. The van der Waals surface area contributed by atoms with Crippen LogP contribution in [-0.4, -0.2) is 17.0 Å². The fourth-order valence-electron chi connectivity index (χ4n) is 2.13. The van der Waals surface area contributed by atoms with Gasteiger partial charge in [0.15, 0.2) is 0 Å². The first-order valence-corrected chi connectivity index (χ1v) is 7.12. The van der Waals surface area contributed by atoms with Crippen molar-refractivity contribution in [1.82, 2.24) is 5.32 Å². The van der Waals surface area contributed by atoms with Gasteiger partial charge in [0.1, 0.15) is 0 Å². The number of carboxylic acid groups (broad SMARTS) is 1. The van der Waals surface area contributed by atoms with E-state index in [4.69, 9.17) is 5.11 Å². The molecule has 2 N–H and O–H groups in total. The molecule has 4 nitrogen and oxygen atoms in total. The van der Waals surface area contributed by atoms with E-state index in [0.717, 1.165) is 5.56 Å². The van der Waals surface area contributed by atoms with Crippen molar-refractivity contribution in [1.29, 1.82) is 0 Å². The fraction of sp³-hybridized carbons (Fsp3) is 0.529. The Bertz CT molecular complexity index is 501. The van der Waals surface area contributed by atoms with Crippen molar-refractivity contribution in [3.63, 3.8) is 0 Å². The number of rotatable bonds is 5. The minimum absolute atomic E-state index is 0.0399. The number of benzene rings is 1. The first-order chi connectivity index (χ1) is 9.54. The lowest BCUT2D eigenvalue weighted by molar-refractivity contribution is -0.149. The van der Waals surface area contributed by atoms with Crippen LogP contribution >= 0.6 is 0 Å². The van der Waals surface area contributed by atoms with Crippen molar-refractivity contribution in [2.24, 2.45) is 10.8 Å². The summed E-state index contributed by atoms with van der Waals surface area (Å²) < 4.78 is 0. The molecule has 1 amide bonds. The molecule has 0 spiro atoms. The molecule has 1 aromatic carbocycles. The van der Waals surface area contributed by atoms with E-state index < -0.39 is 11.4 Å². The van der Waals surface area contributed by atoms with Crippen molar-refractivity contribution >= 4 is 11.9 Å². The highest BCUT2D eigenvalue weighted by Crippen LogP contribution is 2.33. The van der Waals surface area contributed by atoms with E-state index in [1.165, 1.54) is 0 Å². The van der Waals surface area contributed by atoms with Crippen LogP contribution in [0.3, 0.4) is 0 Å². The van der Waals surface area contributed by atoms with Gasteiger partial charge in [0.2, 0.25) is 5.91 Å². The minimum atomic E-state index is -1.07. The number of hydrogen-bond donors (Lipinski definition) is 2. The lowest BCUT2D eigenvalue weighted by Crippen LogP contribution is -2.39. The molecule has 1 atom stereocenters. The lowest BCUT2D eigenvalue weighted by Gasteiger charge is -2.33. The van der Waals surface area contributed by atoms with Gasteiger partial charge < -0.3 is 10.4 Å². The number of hydrogen-bond acceptors (Lipinski definition) is 2. The van der Waals surface area contributed by atoms with Gasteiger partial charge in [0.25, 0.3) is 0 Å². The van der Waals surface area contributed by atoms with Crippen molar-refractivity contribution < 1.29 is 14.7 Å². The molecule has 0 saturated heterocycles. The van der Waals surface area contributed by atoms with Gasteiger partial charge in [0.05, 0.1) is 11.5 Å². The van der Waals surface area contributed by atoms with Crippen LogP contribution in [0.2, 0.25) is 0 Å². The summed E-state index contributed by atoms with van der Waals surface area (Å²) in [5.74, 6) is -1.21. The van der Waals surface area contributed by atoms with Crippen LogP contribution in [0.4, 0.5) is 0 Å². The van der Waals surface area contributed by atoms with Crippen LogP contribution in [0.1, 0.15) is 52.6 Å². The maximum absolute atomic E-state index is 12.2. The summed E-state index contributed by atoms with van der Waals surface area (Å²) in [6, 6.07) is 9.58. The highest BCUT2D eigenvalue weighted by Gasteiger charge is 2.33. The smallest absolute Gasteiger partial charge is 0.309 e. The molecule has 116 valence electrons. The third kappa shape index (κ3) is 4.88. The lowest BCUT2D eigenvalue weighted by atomic mass is 9.81. The molecule has 0 aliphatic carbocycles. The number of carboxylic acids is 1. The molecule has 1 unspecified atom stereocenters. The number of nitrogens with one attached hydrogen (secondary N) is 1. The quantitative estimate of drug-likeness (QED) is 0.874. The maximum Gasteiger partial charge on any atom is 0.309 e. The Labute approximate surface area is 126 Å². The summed E-state index contributed by atoms with van der Waals surface area (Å²) in [4.78, 5) is 23.3.